The van der Waals surface area contributed by atoms with Crippen LogP contribution in [0.15, 0.2) is 46.9 Å². The van der Waals surface area contributed by atoms with Gasteiger partial charge in [-0.3, -0.25) is 9.48 Å². The van der Waals surface area contributed by atoms with Gasteiger partial charge in [-0.15, -0.1) is 11.3 Å². The van der Waals surface area contributed by atoms with E-state index in [1.807, 2.05) is 29.6 Å². The summed E-state index contributed by atoms with van der Waals surface area (Å²) in [4.78, 5) is 11.8. The summed E-state index contributed by atoms with van der Waals surface area (Å²) in [5.41, 5.74) is 0.902. The summed E-state index contributed by atoms with van der Waals surface area (Å²) in [5.74, 6) is -0.641. The smallest absolute Gasteiger partial charge is 0.321 e. The number of benzene rings is 1. The molecular weight excluding hydrogens is 350 g/mol. The molecule has 0 fully saturated rings. The topological polar surface area (TPSA) is 90.3 Å². The summed E-state index contributed by atoms with van der Waals surface area (Å²) in [6.45, 7) is -0.323. The van der Waals surface area contributed by atoms with Gasteiger partial charge < -0.3 is 4.74 Å². The molecule has 0 spiro atoms. The summed E-state index contributed by atoms with van der Waals surface area (Å²) >= 11 is 1.57. The molecule has 3 aromatic rings. The van der Waals surface area contributed by atoms with Crippen molar-refractivity contribution in [2.45, 2.75) is 11.5 Å². The number of carbonyl (C=O) groups excluding carboxylic acids is 1. The number of hydrogen-bond donors (Lipinski definition) is 1. The molecule has 0 atom stereocenters. The molecule has 7 nitrogen and oxygen atoms in total. The highest BCUT2D eigenvalue weighted by Gasteiger charge is 2.18. The second-order valence-electron chi connectivity index (χ2n) is 5.09. The van der Waals surface area contributed by atoms with Gasteiger partial charge in [0.1, 0.15) is 18.0 Å². The highest BCUT2D eigenvalue weighted by molar-refractivity contribution is 7.89. The van der Waals surface area contributed by atoms with Crippen LogP contribution in [0.5, 0.6) is 0 Å². The lowest BCUT2D eigenvalue weighted by atomic mass is 10.2. The predicted molar refractivity (Wildman–Crippen MR) is 90.0 cm³/mol. The third kappa shape index (κ3) is 3.64. The Balaban J connectivity index is 1.56. The van der Waals surface area contributed by atoms with Crippen LogP contribution in [0, 0.1) is 0 Å². The van der Waals surface area contributed by atoms with Crippen molar-refractivity contribution in [1.82, 2.24) is 14.5 Å². The van der Waals surface area contributed by atoms with E-state index in [2.05, 4.69) is 9.82 Å². The Morgan fingerprint density at radius 3 is 2.92 bits per heavy atom. The number of sulfonamides is 1. The summed E-state index contributed by atoms with van der Waals surface area (Å²) in [7, 11) is -2.16. The number of esters is 1. The quantitative estimate of drug-likeness (QED) is 0.671. The first-order valence-corrected chi connectivity index (χ1v) is 9.41. The zero-order valence-electron chi connectivity index (χ0n) is 12.8. The lowest BCUT2D eigenvalue weighted by Crippen LogP contribution is -2.30. The third-order valence-electron chi connectivity index (χ3n) is 3.35. The largest absolute Gasteiger partial charge is 0.460 e. The first-order valence-electron chi connectivity index (χ1n) is 7.05. The Morgan fingerprint density at radius 1 is 1.38 bits per heavy atom. The molecule has 0 aliphatic carbocycles. The SMILES string of the molecule is Cn1cc(S(=O)(=O)NCC(=O)OCc2csc3ccccc23)cn1. The number of ether oxygens (including phenoxy) is 1. The van der Waals surface area contributed by atoms with Crippen LogP contribution < -0.4 is 4.72 Å². The van der Waals surface area contributed by atoms with Gasteiger partial charge in [-0.05, 0) is 16.8 Å². The van der Waals surface area contributed by atoms with Crippen LogP contribution >= 0.6 is 11.3 Å². The molecule has 24 heavy (non-hydrogen) atoms. The molecule has 0 saturated heterocycles. The van der Waals surface area contributed by atoms with E-state index in [9.17, 15) is 13.2 Å². The number of nitrogens with one attached hydrogen (secondary N) is 1. The molecular formula is C15H15N3O4S2. The van der Waals surface area contributed by atoms with E-state index in [4.69, 9.17) is 4.74 Å². The molecule has 126 valence electrons. The van der Waals surface area contributed by atoms with Crippen LogP contribution in [0.25, 0.3) is 10.1 Å². The highest BCUT2D eigenvalue weighted by atomic mass is 32.2. The van der Waals surface area contributed by atoms with Crippen LogP contribution in [-0.2, 0) is 33.2 Å². The maximum absolute atomic E-state index is 12.0. The molecule has 0 aliphatic heterocycles. The Morgan fingerprint density at radius 2 is 2.17 bits per heavy atom. The summed E-state index contributed by atoms with van der Waals surface area (Å²) in [6, 6.07) is 7.82. The second-order valence-corrected chi connectivity index (χ2v) is 7.77. The van der Waals surface area contributed by atoms with Crippen molar-refractivity contribution in [2.75, 3.05) is 6.54 Å². The number of rotatable bonds is 6. The minimum Gasteiger partial charge on any atom is -0.460 e. The zero-order valence-corrected chi connectivity index (χ0v) is 14.4. The van der Waals surface area contributed by atoms with E-state index in [1.54, 1.807) is 18.4 Å². The van der Waals surface area contributed by atoms with E-state index in [1.165, 1.54) is 17.1 Å². The van der Waals surface area contributed by atoms with Gasteiger partial charge in [0.05, 0.1) is 6.20 Å². The first-order chi connectivity index (χ1) is 11.5. The third-order valence-corrected chi connectivity index (χ3v) is 5.72. The number of aromatic nitrogens is 2. The van der Waals surface area contributed by atoms with Gasteiger partial charge in [-0.2, -0.15) is 9.82 Å². The van der Waals surface area contributed by atoms with Gasteiger partial charge in [-0.25, -0.2) is 8.42 Å². The fraction of sp³-hybridized carbons (Fsp3) is 0.200. The molecule has 0 unspecified atom stereocenters. The molecule has 3 rings (SSSR count). The van der Waals surface area contributed by atoms with Gasteiger partial charge >= 0.3 is 5.97 Å². The van der Waals surface area contributed by atoms with Gasteiger partial charge in [0, 0.05) is 23.5 Å². The van der Waals surface area contributed by atoms with Gasteiger partial charge in [-0.1, -0.05) is 18.2 Å². The lowest BCUT2D eigenvalue weighted by molar-refractivity contribution is -0.143. The van der Waals surface area contributed by atoms with Gasteiger partial charge in [0.15, 0.2) is 0 Å². The Kier molecular flexibility index (Phi) is 4.65. The molecule has 1 aromatic carbocycles. The summed E-state index contributed by atoms with van der Waals surface area (Å²) in [5, 5.41) is 6.75. The van der Waals surface area contributed by atoms with Crippen molar-refractivity contribution >= 4 is 37.4 Å². The van der Waals surface area contributed by atoms with E-state index < -0.39 is 22.5 Å². The molecule has 9 heteroatoms. The maximum Gasteiger partial charge on any atom is 0.321 e. The van der Waals surface area contributed by atoms with Crippen molar-refractivity contribution in [3.05, 3.63) is 47.6 Å². The van der Waals surface area contributed by atoms with Crippen molar-refractivity contribution in [2.24, 2.45) is 7.05 Å². The molecule has 2 heterocycles. The molecule has 0 aliphatic rings. The Bertz CT molecular complexity index is 975. The van der Waals surface area contributed by atoms with Crippen molar-refractivity contribution in [3.8, 4) is 0 Å². The number of hydrogen-bond acceptors (Lipinski definition) is 6. The highest BCUT2D eigenvalue weighted by Crippen LogP contribution is 2.26. The van der Waals surface area contributed by atoms with Crippen LogP contribution in [0.1, 0.15) is 5.56 Å². The molecule has 0 saturated carbocycles. The number of fused-ring (bicyclic) bond motifs is 1. The van der Waals surface area contributed by atoms with Gasteiger partial charge in [0.2, 0.25) is 10.0 Å². The number of nitrogens with zero attached hydrogens (tertiary/aromatic N) is 2. The molecule has 0 amide bonds. The standard InChI is InChI=1S/C15H15N3O4S2/c1-18-8-12(6-16-18)24(20,21)17-7-15(19)22-9-11-10-23-14-5-3-2-4-13(11)14/h2-6,8,10,17H,7,9H2,1H3. The van der Waals surface area contributed by atoms with Crippen molar-refractivity contribution in [1.29, 1.82) is 0 Å². The summed E-state index contributed by atoms with van der Waals surface area (Å²) in [6.07, 6.45) is 2.57. The number of aryl methyl sites for hydroxylation is 1. The molecule has 0 radical (unpaired) electrons. The molecule has 2 aromatic heterocycles. The van der Waals surface area contributed by atoms with Crippen LogP contribution in [-0.4, -0.2) is 30.7 Å². The Labute approximate surface area is 142 Å². The van der Waals surface area contributed by atoms with Crippen LogP contribution in [0.4, 0.5) is 0 Å². The van der Waals surface area contributed by atoms with Crippen LogP contribution in [0.3, 0.4) is 0 Å². The normalized spacial score (nSPS) is 11.7. The predicted octanol–water partition coefficient (Wildman–Crippen LogP) is 1.66. The second kappa shape index (κ2) is 6.71. The van der Waals surface area contributed by atoms with E-state index >= 15 is 0 Å². The van der Waals surface area contributed by atoms with Gasteiger partial charge in [0.25, 0.3) is 0 Å². The minimum atomic E-state index is -3.77. The van der Waals surface area contributed by atoms with E-state index in [0.717, 1.165) is 15.6 Å². The van der Waals surface area contributed by atoms with E-state index in [-0.39, 0.29) is 11.5 Å². The first kappa shape index (κ1) is 16.6. The minimum absolute atomic E-state index is 0.00151. The maximum atomic E-state index is 12.0. The molecule has 1 N–H and O–H groups in total. The van der Waals surface area contributed by atoms with E-state index in [0.29, 0.717) is 0 Å². The van der Waals surface area contributed by atoms with Crippen LogP contribution in [0.2, 0.25) is 0 Å². The Hall–Kier alpha value is -2.23. The zero-order chi connectivity index (χ0) is 17.2. The average Bonchev–Trinajstić information content (AvgIpc) is 3.18. The summed E-state index contributed by atoms with van der Waals surface area (Å²) < 4.78 is 33.8. The average molecular weight is 365 g/mol. The fourth-order valence-corrected chi connectivity index (χ4v) is 4.03. The fourth-order valence-electron chi connectivity index (χ4n) is 2.13. The number of carbonyl (C=O) groups is 1. The van der Waals surface area contributed by atoms with Crippen molar-refractivity contribution < 1.29 is 17.9 Å². The van der Waals surface area contributed by atoms with Crippen molar-refractivity contribution in [3.63, 3.8) is 0 Å². The molecule has 0 bridgehead atoms. The monoisotopic (exact) mass is 365 g/mol. The number of thiophene rings is 1. The lowest BCUT2D eigenvalue weighted by Gasteiger charge is -2.06.